The molecule has 0 aliphatic heterocycles. The lowest BCUT2D eigenvalue weighted by atomic mass is 10.2. The number of thiazole rings is 1. The highest BCUT2D eigenvalue weighted by Crippen LogP contribution is 2.32. The van der Waals surface area contributed by atoms with Crippen LogP contribution in [0.2, 0.25) is 0 Å². The Labute approximate surface area is 163 Å². The second kappa shape index (κ2) is 9.19. The van der Waals surface area contributed by atoms with Crippen LogP contribution in [0.3, 0.4) is 0 Å². The van der Waals surface area contributed by atoms with Crippen LogP contribution in [-0.2, 0) is 16.1 Å². The number of para-hydroxylation sites is 1. The van der Waals surface area contributed by atoms with Crippen molar-refractivity contribution in [3.05, 3.63) is 40.8 Å². The molecule has 0 saturated heterocycles. The number of nitrogens with zero attached hydrogens (tertiary/aromatic N) is 3. The fraction of sp³-hybridized carbons (Fsp3) is 0.235. The molecule has 1 aromatic carbocycles. The molecule has 0 unspecified atom stereocenters. The van der Waals surface area contributed by atoms with Crippen LogP contribution in [0.1, 0.15) is 17.7 Å². The van der Waals surface area contributed by atoms with Gasteiger partial charge in [0.15, 0.2) is 0 Å². The summed E-state index contributed by atoms with van der Waals surface area (Å²) < 4.78 is 5.35. The van der Waals surface area contributed by atoms with Crippen LogP contribution in [0, 0.1) is 0 Å². The van der Waals surface area contributed by atoms with E-state index in [9.17, 15) is 9.59 Å². The van der Waals surface area contributed by atoms with Gasteiger partial charge in [0.2, 0.25) is 16.9 Å². The number of benzene rings is 1. The molecule has 2 N–H and O–H groups in total. The van der Waals surface area contributed by atoms with E-state index in [-0.39, 0.29) is 24.7 Å². The molecule has 0 spiro atoms. The van der Waals surface area contributed by atoms with Crippen LogP contribution in [0.5, 0.6) is 5.75 Å². The molecule has 10 heteroatoms. The van der Waals surface area contributed by atoms with Crippen LogP contribution >= 0.6 is 22.7 Å². The molecule has 2 aromatic heterocycles. The highest BCUT2D eigenvalue weighted by molar-refractivity contribution is 7.15. The Morgan fingerprint density at radius 1 is 1.19 bits per heavy atom. The van der Waals surface area contributed by atoms with Crippen molar-refractivity contribution < 1.29 is 14.3 Å². The summed E-state index contributed by atoms with van der Waals surface area (Å²) in [6, 6.07) is 7.65. The van der Waals surface area contributed by atoms with E-state index in [4.69, 9.17) is 4.74 Å². The van der Waals surface area contributed by atoms with Crippen LogP contribution in [0.15, 0.2) is 36.0 Å². The topological polar surface area (TPSA) is 106 Å². The highest BCUT2D eigenvalue weighted by Gasteiger charge is 2.12. The smallest absolute Gasteiger partial charge is 0.226 e. The molecule has 0 radical (unpaired) electrons. The molecule has 3 aromatic rings. The lowest BCUT2D eigenvalue weighted by Gasteiger charge is -2.05. The molecule has 0 saturated carbocycles. The maximum atomic E-state index is 11.9. The van der Waals surface area contributed by atoms with Crippen molar-refractivity contribution in [1.29, 1.82) is 0 Å². The Balaban J connectivity index is 1.47. The summed E-state index contributed by atoms with van der Waals surface area (Å²) in [4.78, 5) is 29.0. The molecule has 2 amide bonds. The third-order valence-corrected chi connectivity index (χ3v) is 5.17. The van der Waals surface area contributed by atoms with Gasteiger partial charge in [-0.2, -0.15) is 0 Å². The summed E-state index contributed by atoms with van der Waals surface area (Å²) in [7, 11) is 1.62. The van der Waals surface area contributed by atoms with E-state index in [0.29, 0.717) is 11.7 Å². The third-order valence-electron chi connectivity index (χ3n) is 3.54. The SMILES string of the molecule is COc1ccccc1-c1ncc(CNC(=O)CCC(=O)Nc2nncs2)s1. The van der Waals surface area contributed by atoms with Crippen LogP contribution in [-0.4, -0.2) is 34.1 Å². The third kappa shape index (κ3) is 5.31. The molecule has 8 nitrogen and oxygen atoms in total. The van der Waals surface area contributed by atoms with Gasteiger partial charge in [0, 0.05) is 23.9 Å². The Kier molecular flexibility index (Phi) is 6.44. The number of hydrogen-bond acceptors (Lipinski definition) is 8. The molecule has 3 rings (SSSR count). The molecule has 27 heavy (non-hydrogen) atoms. The Bertz CT molecular complexity index is 911. The van der Waals surface area contributed by atoms with Crippen molar-refractivity contribution in [3.63, 3.8) is 0 Å². The molecule has 0 aliphatic rings. The van der Waals surface area contributed by atoms with E-state index < -0.39 is 0 Å². The summed E-state index contributed by atoms with van der Waals surface area (Å²) in [5.41, 5.74) is 2.44. The molecule has 0 atom stereocenters. The number of anilines is 1. The lowest BCUT2D eigenvalue weighted by Crippen LogP contribution is -2.24. The van der Waals surface area contributed by atoms with Gasteiger partial charge >= 0.3 is 0 Å². The predicted octanol–water partition coefficient (Wildman–Crippen LogP) is 2.71. The van der Waals surface area contributed by atoms with Gasteiger partial charge < -0.3 is 15.4 Å². The maximum Gasteiger partial charge on any atom is 0.226 e. The van der Waals surface area contributed by atoms with Crippen LogP contribution < -0.4 is 15.4 Å². The number of aromatic nitrogens is 3. The zero-order chi connectivity index (χ0) is 19.1. The van der Waals surface area contributed by atoms with E-state index in [1.54, 1.807) is 13.3 Å². The van der Waals surface area contributed by atoms with E-state index >= 15 is 0 Å². The number of carbonyl (C=O) groups excluding carboxylic acids is 2. The van der Waals surface area contributed by atoms with Gasteiger partial charge in [-0.1, -0.05) is 23.5 Å². The number of carbonyl (C=O) groups is 2. The van der Waals surface area contributed by atoms with Crippen LogP contribution in [0.4, 0.5) is 5.13 Å². The maximum absolute atomic E-state index is 11.9. The molecule has 2 heterocycles. The minimum atomic E-state index is -0.266. The molecule has 0 aliphatic carbocycles. The first kappa shape index (κ1) is 18.9. The predicted molar refractivity (Wildman–Crippen MR) is 104 cm³/mol. The van der Waals surface area contributed by atoms with E-state index in [0.717, 1.165) is 21.2 Å². The van der Waals surface area contributed by atoms with Crippen molar-refractivity contribution in [2.24, 2.45) is 0 Å². The van der Waals surface area contributed by atoms with Crippen molar-refractivity contribution >= 4 is 39.6 Å². The second-order valence-corrected chi connectivity index (χ2v) is 7.35. The Morgan fingerprint density at radius 3 is 2.78 bits per heavy atom. The summed E-state index contributed by atoms with van der Waals surface area (Å²) in [6.07, 6.45) is 1.91. The average Bonchev–Trinajstić information content (AvgIpc) is 3.36. The minimum absolute atomic E-state index is 0.0839. The Hall–Kier alpha value is -2.85. The van der Waals surface area contributed by atoms with E-state index in [1.165, 1.54) is 28.2 Å². The van der Waals surface area contributed by atoms with Gasteiger partial charge in [-0.15, -0.1) is 21.5 Å². The molecule has 140 valence electrons. The first-order chi connectivity index (χ1) is 13.2. The monoisotopic (exact) mass is 403 g/mol. The minimum Gasteiger partial charge on any atom is -0.496 e. The number of ether oxygens (including phenoxy) is 1. The van der Waals surface area contributed by atoms with E-state index in [1.807, 2.05) is 24.3 Å². The molecule has 0 fully saturated rings. The number of amides is 2. The number of nitrogens with one attached hydrogen (secondary N) is 2. The zero-order valence-corrected chi connectivity index (χ0v) is 16.1. The highest BCUT2D eigenvalue weighted by atomic mass is 32.1. The lowest BCUT2D eigenvalue weighted by molar-refractivity contribution is -0.124. The standard InChI is InChI=1S/C17H17N5O3S2/c1-25-13-5-3-2-4-12(13)16-19-9-11(27-16)8-18-14(23)6-7-15(24)21-17-22-20-10-26-17/h2-5,9-10H,6-8H2,1H3,(H,18,23)(H,21,22,24). The summed E-state index contributed by atoms with van der Waals surface area (Å²) in [6.45, 7) is 0.365. The first-order valence-corrected chi connectivity index (χ1v) is 9.76. The average molecular weight is 403 g/mol. The first-order valence-electron chi connectivity index (χ1n) is 8.06. The van der Waals surface area contributed by atoms with E-state index in [2.05, 4.69) is 25.8 Å². The summed E-state index contributed by atoms with van der Waals surface area (Å²) in [5.74, 6) is 0.289. The number of rotatable bonds is 8. The summed E-state index contributed by atoms with van der Waals surface area (Å²) >= 11 is 2.71. The van der Waals surface area contributed by atoms with Gasteiger partial charge in [0.1, 0.15) is 16.3 Å². The normalized spacial score (nSPS) is 10.4. The molecule has 0 bridgehead atoms. The van der Waals surface area contributed by atoms with Crippen molar-refractivity contribution in [2.45, 2.75) is 19.4 Å². The van der Waals surface area contributed by atoms with Gasteiger partial charge in [-0.05, 0) is 12.1 Å². The quantitative estimate of drug-likeness (QED) is 0.599. The van der Waals surface area contributed by atoms with Gasteiger partial charge in [0.25, 0.3) is 0 Å². The van der Waals surface area contributed by atoms with Crippen LogP contribution in [0.25, 0.3) is 10.6 Å². The zero-order valence-electron chi connectivity index (χ0n) is 14.5. The second-order valence-electron chi connectivity index (χ2n) is 5.40. The largest absolute Gasteiger partial charge is 0.496 e. The van der Waals surface area contributed by atoms with Crippen molar-refractivity contribution in [3.8, 4) is 16.3 Å². The molecular formula is C17H17N5O3S2. The number of methoxy groups -OCH3 is 1. The van der Waals surface area contributed by atoms with Gasteiger partial charge in [0.05, 0.1) is 19.2 Å². The number of hydrogen-bond donors (Lipinski definition) is 2. The fourth-order valence-corrected chi connectivity index (χ4v) is 3.59. The summed E-state index contributed by atoms with van der Waals surface area (Å²) in [5, 5.41) is 14.0. The van der Waals surface area contributed by atoms with Crippen molar-refractivity contribution in [2.75, 3.05) is 12.4 Å². The molecular weight excluding hydrogens is 386 g/mol. The van der Waals surface area contributed by atoms with Gasteiger partial charge in [-0.25, -0.2) is 4.98 Å². The Morgan fingerprint density at radius 2 is 2.00 bits per heavy atom. The fourth-order valence-electron chi connectivity index (χ4n) is 2.25. The van der Waals surface area contributed by atoms with Crippen molar-refractivity contribution in [1.82, 2.24) is 20.5 Å². The van der Waals surface area contributed by atoms with Gasteiger partial charge in [-0.3, -0.25) is 9.59 Å².